The number of hydrogen-bond acceptors (Lipinski definition) is 9. The van der Waals surface area contributed by atoms with E-state index in [1.54, 1.807) is 0 Å². The highest BCUT2D eigenvalue weighted by Crippen LogP contribution is 2.45. The molecule has 6 heterocycles. The maximum Gasteiger partial charge on any atom is 0.319 e. The third kappa shape index (κ3) is 4.43. The molecule has 0 unspecified atom stereocenters. The molecule has 2 aromatic carbocycles. The van der Waals surface area contributed by atoms with Crippen LogP contribution in [-0.2, 0) is 0 Å². The fourth-order valence-corrected chi connectivity index (χ4v) is 7.67. The van der Waals surface area contributed by atoms with Crippen LogP contribution >= 0.6 is 0 Å². The van der Waals surface area contributed by atoms with Crippen LogP contribution < -0.4 is 14.4 Å². The molecule has 3 fully saturated rings. The van der Waals surface area contributed by atoms with E-state index in [1.165, 1.54) is 24.3 Å². The van der Waals surface area contributed by atoms with Crippen molar-refractivity contribution in [2.75, 3.05) is 37.7 Å². The number of aromatic nitrogens is 3. The number of phenols is 1. The van der Waals surface area contributed by atoms with Crippen molar-refractivity contribution in [2.45, 2.75) is 56.0 Å². The minimum Gasteiger partial charge on any atom is -0.508 e. The van der Waals surface area contributed by atoms with E-state index in [1.807, 2.05) is 4.90 Å². The monoisotopic (exact) mass is 617 g/mol. The van der Waals surface area contributed by atoms with Crippen molar-refractivity contribution in [3.63, 3.8) is 0 Å². The predicted molar refractivity (Wildman–Crippen MR) is 160 cm³/mol. The van der Waals surface area contributed by atoms with Crippen LogP contribution in [0, 0.1) is 24.0 Å². The molecule has 4 aliphatic rings. The molecule has 0 aliphatic carbocycles. The molecule has 8 rings (SSSR count). The van der Waals surface area contributed by atoms with Crippen molar-refractivity contribution < 1.29 is 32.9 Å². The molecule has 2 N–H and O–H groups in total. The van der Waals surface area contributed by atoms with Gasteiger partial charge in [0.15, 0.2) is 5.82 Å². The first-order valence-electron chi connectivity index (χ1n) is 15.2. The van der Waals surface area contributed by atoms with Crippen molar-refractivity contribution >= 4 is 27.5 Å². The number of phenolic OH excluding ortho intramolecular Hbond substituents is 1. The zero-order valence-electron chi connectivity index (χ0n) is 24.3. The molecular formula is C33H30F3N5O4. The van der Waals surface area contributed by atoms with Gasteiger partial charge in [-0.1, -0.05) is 12.0 Å². The molecule has 0 bridgehead atoms. The van der Waals surface area contributed by atoms with E-state index < -0.39 is 29.4 Å². The summed E-state index contributed by atoms with van der Waals surface area (Å²) >= 11 is 0. The number of terminal acetylenes is 1. The average Bonchev–Trinajstić information content (AvgIpc) is 3.50. The number of hydrogen-bond donors (Lipinski definition) is 2. The summed E-state index contributed by atoms with van der Waals surface area (Å²) in [6.45, 7) is 1.70. The summed E-state index contributed by atoms with van der Waals surface area (Å²) in [6.07, 6.45) is 7.30. The first-order chi connectivity index (χ1) is 21.7. The second kappa shape index (κ2) is 10.4. The summed E-state index contributed by atoms with van der Waals surface area (Å²) in [7, 11) is 0. The van der Waals surface area contributed by atoms with Gasteiger partial charge < -0.3 is 24.6 Å². The number of pyridine rings is 1. The number of piperidine rings is 1. The number of benzene rings is 2. The van der Waals surface area contributed by atoms with Gasteiger partial charge in [0.05, 0.1) is 23.2 Å². The highest BCUT2D eigenvalue weighted by atomic mass is 19.1. The van der Waals surface area contributed by atoms with Gasteiger partial charge in [-0.3, -0.25) is 4.90 Å². The summed E-state index contributed by atoms with van der Waals surface area (Å²) in [6, 6.07) is 5.05. The zero-order chi connectivity index (χ0) is 31.0. The van der Waals surface area contributed by atoms with E-state index in [4.69, 9.17) is 20.9 Å². The van der Waals surface area contributed by atoms with Gasteiger partial charge in [0.1, 0.15) is 53.4 Å². The Morgan fingerprint density at radius 1 is 1.13 bits per heavy atom. The quantitative estimate of drug-likeness (QED) is 0.321. The predicted octanol–water partition coefficient (Wildman–Crippen LogP) is 4.49. The van der Waals surface area contributed by atoms with Crippen LogP contribution in [0.4, 0.5) is 19.0 Å². The lowest BCUT2D eigenvalue weighted by atomic mass is 9.95. The Morgan fingerprint density at radius 2 is 2.00 bits per heavy atom. The second-order valence-corrected chi connectivity index (χ2v) is 12.5. The number of rotatable bonds is 4. The Bertz CT molecular complexity index is 1920. The topological polar surface area (TPSA) is 104 Å². The first-order valence-corrected chi connectivity index (χ1v) is 15.2. The zero-order valence-corrected chi connectivity index (χ0v) is 24.3. The molecule has 12 heteroatoms. The highest BCUT2D eigenvalue weighted by molar-refractivity contribution is 6.04. The molecule has 0 spiro atoms. The Kier molecular flexibility index (Phi) is 6.48. The third-order valence-electron chi connectivity index (χ3n) is 9.76. The Balaban J connectivity index is 1.33. The summed E-state index contributed by atoms with van der Waals surface area (Å²) in [5.74, 6) is 0.983. The van der Waals surface area contributed by atoms with Crippen molar-refractivity contribution in [2.24, 2.45) is 0 Å². The molecule has 45 heavy (non-hydrogen) atoms. The fourth-order valence-electron chi connectivity index (χ4n) is 7.67. The van der Waals surface area contributed by atoms with E-state index in [-0.39, 0.29) is 76.6 Å². The number of anilines is 1. The third-order valence-corrected chi connectivity index (χ3v) is 9.76. The second-order valence-electron chi connectivity index (χ2n) is 12.5. The average molecular weight is 618 g/mol. The van der Waals surface area contributed by atoms with Crippen LogP contribution in [0.1, 0.15) is 37.7 Å². The molecule has 2 aromatic heterocycles. The summed E-state index contributed by atoms with van der Waals surface area (Å²) in [5.41, 5.74) is -0.911. The van der Waals surface area contributed by atoms with Crippen LogP contribution in [0.25, 0.3) is 32.9 Å². The number of ether oxygens (including phenoxy) is 2. The van der Waals surface area contributed by atoms with Crippen LogP contribution in [0.2, 0.25) is 0 Å². The lowest BCUT2D eigenvalue weighted by Gasteiger charge is -2.37. The highest BCUT2D eigenvalue weighted by Gasteiger charge is 2.49. The molecule has 4 atom stereocenters. The Labute approximate surface area is 256 Å². The molecule has 4 aromatic rings. The molecule has 4 aliphatic heterocycles. The molecular weight excluding hydrogens is 587 g/mol. The van der Waals surface area contributed by atoms with Gasteiger partial charge >= 0.3 is 6.01 Å². The lowest BCUT2D eigenvalue weighted by molar-refractivity contribution is 0.107. The SMILES string of the molecule is C#Cc1c(F)ccc2cc(O)cc(-c3nc4c5c(nc(OC[C@@]67CCCN6C[C@H](F)C7)nc5c3F)N3C[C@@H](O)CC[C@H]3CO4)c12. The summed E-state index contributed by atoms with van der Waals surface area (Å²) in [4.78, 5) is 17.8. The standard InChI is InChI=1S/C33H30F3N5O4/c1-2-22-24(35)7-4-17-10-21(43)11-23(25(17)22)28-27(36)29-26-30(41-14-20(42)6-5-19(41)15-44-31(26)37-28)39-32(38-29)45-16-33-8-3-9-40(33)13-18(34)12-33/h1,4,7,10-11,18-20,42-43H,3,5-6,8-9,12-16H2/t18-,19+,20+,33+/m1/s1. The van der Waals surface area contributed by atoms with Gasteiger partial charge in [0, 0.05) is 30.5 Å². The van der Waals surface area contributed by atoms with E-state index in [0.717, 1.165) is 19.4 Å². The number of aliphatic hydroxyl groups is 1. The van der Waals surface area contributed by atoms with Gasteiger partial charge in [-0.2, -0.15) is 9.97 Å². The lowest BCUT2D eigenvalue weighted by Crippen LogP contribution is -2.48. The number of fused-ring (bicyclic) bond motifs is 4. The van der Waals surface area contributed by atoms with Gasteiger partial charge in [0.25, 0.3) is 0 Å². The molecule has 0 saturated carbocycles. The van der Waals surface area contributed by atoms with Crippen LogP contribution in [-0.4, -0.2) is 86.8 Å². The maximum atomic E-state index is 16.9. The molecule has 9 nitrogen and oxygen atoms in total. The van der Waals surface area contributed by atoms with Crippen LogP contribution in [0.3, 0.4) is 0 Å². The van der Waals surface area contributed by atoms with E-state index in [9.17, 15) is 19.0 Å². The maximum absolute atomic E-state index is 16.9. The first kappa shape index (κ1) is 28.2. The van der Waals surface area contributed by atoms with Gasteiger partial charge in [0.2, 0.25) is 5.88 Å². The summed E-state index contributed by atoms with van der Waals surface area (Å²) in [5, 5.41) is 22.0. The summed E-state index contributed by atoms with van der Waals surface area (Å²) < 4.78 is 58.6. The Hall–Kier alpha value is -4.34. The molecule has 3 saturated heterocycles. The van der Waals surface area contributed by atoms with Crippen LogP contribution in [0.5, 0.6) is 17.6 Å². The number of aromatic hydroxyl groups is 1. The fraction of sp³-hybridized carbons (Fsp3) is 0.424. The van der Waals surface area contributed by atoms with E-state index >= 15 is 4.39 Å². The van der Waals surface area contributed by atoms with E-state index in [0.29, 0.717) is 37.0 Å². The van der Waals surface area contributed by atoms with Crippen molar-refractivity contribution in [1.82, 2.24) is 19.9 Å². The van der Waals surface area contributed by atoms with Crippen molar-refractivity contribution in [3.8, 4) is 41.2 Å². The smallest absolute Gasteiger partial charge is 0.319 e. The van der Waals surface area contributed by atoms with E-state index in [2.05, 4.69) is 20.8 Å². The number of nitrogens with zero attached hydrogens (tertiary/aromatic N) is 5. The minimum absolute atomic E-state index is 0.0543. The largest absolute Gasteiger partial charge is 0.508 e. The molecule has 232 valence electrons. The van der Waals surface area contributed by atoms with Crippen molar-refractivity contribution in [3.05, 3.63) is 41.5 Å². The number of aliphatic hydroxyl groups excluding tert-OH is 1. The Morgan fingerprint density at radius 3 is 2.84 bits per heavy atom. The number of halogens is 3. The number of alkyl halides is 1. The normalized spacial score (nSPS) is 25.9. The van der Waals surface area contributed by atoms with Crippen LogP contribution in [0.15, 0.2) is 24.3 Å². The van der Waals surface area contributed by atoms with Gasteiger partial charge in [-0.15, -0.1) is 6.42 Å². The van der Waals surface area contributed by atoms with Crippen molar-refractivity contribution in [1.29, 1.82) is 0 Å². The minimum atomic E-state index is -0.952. The molecule has 0 amide bonds. The molecule has 0 radical (unpaired) electrons. The van der Waals surface area contributed by atoms with Gasteiger partial charge in [-0.05, 0) is 55.8 Å². The van der Waals surface area contributed by atoms with Gasteiger partial charge in [-0.25, -0.2) is 18.2 Å².